The zero-order valence-electron chi connectivity index (χ0n) is 12.8. The van der Waals surface area contributed by atoms with Gasteiger partial charge in [-0.1, -0.05) is 23.7 Å². The van der Waals surface area contributed by atoms with Gasteiger partial charge in [-0.15, -0.1) is 0 Å². The first kappa shape index (κ1) is 16.2. The van der Waals surface area contributed by atoms with Gasteiger partial charge in [-0.25, -0.2) is 9.37 Å². The smallest absolute Gasteiger partial charge is 0.248 e. The van der Waals surface area contributed by atoms with E-state index in [0.29, 0.717) is 22.2 Å². The van der Waals surface area contributed by atoms with Crippen LogP contribution < -0.4 is 10.3 Å². The summed E-state index contributed by atoms with van der Waals surface area (Å²) in [6.45, 7) is 1.91. The lowest BCUT2D eigenvalue weighted by atomic mass is 10.1. The molecule has 2 aromatic heterocycles. The minimum absolute atomic E-state index is 0.0355. The van der Waals surface area contributed by atoms with E-state index < -0.39 is 5.82 Å². The molecule has 0 saturated carbocycles. The third-order valence-corrected chi connectivity index (χ3v) is 3.76. The van der Waals surface area contributed by atoms with Crippen molar-refractivity contribution in [2.75, 3.05) is 0 Å². The normalized spacial score (nSPS) is 10.6. The molecule has 0 unspecified atom stereocenters. The number of benzene rings is 1. The van der Waals surface area contributed by atoms with Crippen LogP contribution in [0.2, 0.25) is 5.02 Å². The number of ether oxygens (including phenoxy) is 1. The number of aromatic amines is 1. The van der Waals surface area contributed by atoms with Crippen LogP contribution in [0.1, 0.15) is 11.1 Å². The van der Waals surface area contributed by atoms with E-state index in [0.717, 1.165) is 11.1 Å². The molecular formula is C18H14ClFN2O2. The molecule has 0 aliphatic rings. The fourth-order valence-corrected chi connectivity index (χ4v) is 2.41. The van der Waals surface area contributed by atoms with Crippen molar-refractivity contribution in [3.8, 4) is 17.1 Å². The van der Waals surface area contributed by atoms with Crippen LogP contribution in [0.5, 0.6) is 5.88 Å². The number of nitrogens with one attached hydrogen (secondary N) is 1. The molecule has 4 nitrogen and oxygen atoms in total. The van der Waals surface area contributed by atoms with Gasteiger partial charge in [-0.3, -0.25) is 4.79 Å². The molecule has 2 heterocycles. The number of halogens is 2. The lowest BCUT2D eigenvalue weighted by Crippen LogP contribution is -2.05. The van der Waals surface area contributed by atoms with E-state index in [-0.39, 0.29) is 12.2 Å². The minimum Gasteiger partial charge on any atom is -0.473 e. The molecule has 3 aromatic rings. The number of nitrogens with zero attached hydrogens (tertiary/aromatic N) is 1. The molecule has 24 heavy (non-hydrogen) atoms. The van der Waals surface area contributed by atoms with E-state index in [9.17, 15) is 9.18 Å². The first-order valence-corrected chi connectivity index (χ1v) is 7.64. The Balaban J connectivity index is 1.83. The van der Waals surface area contributed by atoms with Crippen LogP contribution in [0.4, 0.5) is 4.39 Å². The Labute approximate surface area is 142 Å². The number of pyridine rings is 2. The highest BCUT2D eigenvalue weighted by Gasteiger charge is 2.08. The van der Waals surface area contributed by atoms with Crippen LogP contribution in [0.25, 0.3) is 11.3 Å². The number of hydrogen-bond donors (Lipinski definition) is 1. The van der Waals surface area contributed by atoms with E-state index in [1.165, 1.54) is 12.1 Å². The number of hydrogen-bond acceptors (Lipinski definition) is 3. The van der Waals surface area contributed by atoms with Crippen molar-refractivity contribution in [3.63, 3.8) is 0 Å². The average Bonchev–Trinajstić information content (AvgIpc) is 2.56. The fourth-order valence-electron chi connectivity index (χ4n) is 2.26. The fraction of sp³-hybridized carbons (Fsp3) is 0.111. The van der Waals surface area contributed by atoms with Crippen molar-refractivity contribution in [1.82, 2.24) is 9.97 Å². The summed E-state index contributed by atoms with van der Waals surface area (Å²) in [5.74, 6) is -0.0781. The van der Waals surface area contributed by atoms with Gasteiger partial charge in [-0.05, 0) is 30.7 Å². The summed E-state index contributed by atoms with van der Waals surface area (Å²) in [6, 6.07) is 11.1. The number of aryl methyl sites for hydroxylation is 1. The van der Waals surface area contributed by atoms with Crippen molar-refractivity contribution < 1.29 is 9.13 Å². The summed E-state index contributed by atoms with van der Waals surface area (Å²) in [5, 5.41) is 0.334. The second kappa shape index (κ2) is 6.84. The van der Waals surface area contributed by atoms with Gasteiger partial charge in [0.25, 0.3) is 0 Å². The third kappa shape index (κ3) is 3.63. The molecule has 6 heteroatoms. The Hall–Kier alpha value is -2.66. The van der Waals surface area contributed by atoms with Gasteiger partial charge in [0, 0.05) is 34.5 Å². The number of H-pyrrole nitrogens is 1. The van der Waals surface area contributed by atoms with Crippen LogP contribution >= 0.6 is 11.6 Å². The summed E-state index contributed by atoms with van der Waals surface area (Å²) >= 11 is 5.73. The van der Waals surface area contributed by atoms with Gasteiger partial charge in [0.1, 0.15) is 12.4 Å². The van der Waals surface area contributed by atoms with E-state index in [4.69, 9.17) is 16.3 Å². The molecule has 0 aliphatic heterocycles. The third-order valence-electron chi connectivity index (χ3n) is 3.52. The standard InChI is InChI=1S/C18H14ClFN2O2/c1-11-9-21-17(23)8-14(11)16-3-2-4-18(22-16)24-10-12-5-6-13(19)7-15(12)20/h2-9H,10H2,1H3,(H,21,23). The first-order chi connectivity index (χ1) is 11.5. The van der Waals surface area contributed by atoms with Crippen molar-refractivity contribution in [2.24, 2.45) is 0 Å². The Bertz CT molecular complexity index is 940. The van der Waals surface area contributed by atoms with Gasteiger partial charge in [0.15, 0.2) is 0 Å². The van der Waals surface area contributed by atoms with Crippen LogP contribution in [0.3, 0.4) is 0 Å². The largest absolute Gasteiger partial charge is 0.473 e. The molecule has 122 valence electrons. The highest BCUT2D eigenvalue weighted by molar-refractivity contribution is 6.30. The maximum atomic E-state index is 13.8. The summed E-state index contributed by atoms with van der Waals surface area (Å²) in [5.41, 5.74) is 2.42. The predicted molar refractivity (Wildman–Crippen MR) is 90.8 cm³/mol. The highest BCUT2D eigenvalue weighted by atomic mass is 35.5. The summed E-state index contributed by atoms with van der Waals surface area (Å²) in [6.07, 6.45) is 1.63. The Morgan fingerprint density at radius 1 is 1.25 bits per heavy atom. The second-order valence-corrected chi connectivity index (χ2v) is 5.72. The van der Waals surface area contributed by atoms with Crippen LogP contribution in [-0.4, -0.2) is 9.97 Å². The van der Waals surface area contributed by atoms with E-state index >= 15 is 0 Å². The SMILES string of the molecule is Cc1c[nH]c(=O)cc1-c1cccc(OCc2ccc(Cl)cc2F)n1. The molecule has 0 saturated heterocycles. The van der Waals surface area contributed by atoms with Crippen LogP contribution in [0.15, 0.2) is 53.5 Å². The first-order valence-electron chi connectivity index (χ1n) is 7.26. The highest BCUT2D eigenvalue weighted by Crippen LogP contribution is 2.22. The second-order valence-electron chi connectivity index (χ2n) is 5.28. The van der Waals surface area contributed by atoms with Gasteiger partial charge in [0.2, 0.25) is 11.4 Å². The monoisotopic (exact) mass is 344 g/mol. The molecule has 0 spiro atoms. The Kier molecular flexibility index (Phi) is 4.62. The molecule has 1 N–H and O–H groups in total. The Morgan fingerprint density at radius 2 is 2.08 bits per heavy atom. The van der Waals surface area contributed by atoms with Gasteiger partial charge in [-0.2, -0.15) is 0 Å². The lowest BCUT2D eigenvalue weighted by Gasteiger charge is -2.09. The van der Waals surface area contributed by atoms with Gasteiger partial charge in [0.05, 0.1) is 5.69 Å². The molecule has 0 atom stereocenters. The van der Waals surface area contributed by atoms with Crippen molar-refractivity contribution in [3.05, 3.63) is 81.0 Å². The summed E-state index contributed by atoms with van der Waals surface area (Å²) < 4.78 is 19.3. The molecule has 0 bridgehead atoms. The van der Waals surface area contributed by atoms with Crippen LogP contribution in [-0.2, 0) is 6.61 Å². The quantitative estimate of drug-likeness (QED) is 0.774. The summed E-state index contributed by atoms with van der Waals surface area (Å²) in [7, 11) is 0. The Morgan fingerprint density at radius 3 is 2.88 bits per heavy atom. The van der Waals surface area contributed by atoms with Crippen molar-refractivity contribution >= 4 is 11.6 Å². The predicted octanol–water partition coefficient (Wildman–Crippen LogP) is 4.12. The summed E-state index contributed by atoms with van der Waals surface area (Å²) in [4.78, 5) is 18.5. The van der Waals surface area contributed by atoms with E-state index in [1.807, 2.05) is 6.92 Å². The molecular weight excluding hydrogens is 331 g/mol. The van der Waals surface area contributed by atoms with Crippen molar-refractivity contribution in [2.45, 2.75) is 13.5 Å². The number of aromatic nitrogens is 2. The molecule has 0 aliphatic carbocycles. The van der Waals surface area contributed by atoms with E-state index in [1.54, 1.807) is 36.5 Å². The van der Waals surface area contributed by atoms with Crippen molar-refractivity contribution in [1.29, 1.82) is 0 Å². The van der Waals surface area contributed by atoms with Gasteiger partial charge >= 0.3 is 0 Å². The number of rotatable bonds is 4. The minimum atomic E-state index is -0.427. The molecule has 0 fully saturated rings. The molecule has 0 amide bonds. The maximum absolute atomic E-state index is 13.8. The topological polar surface area (TPSA) is 55.0 Å². The molecule has 0 radical (unpaired) electrons. The molecule has 1 aromatic carbocycles. The van der Waals surface area contributed by atoms with E-state index in [2.05, 4.69) is 9.97 Å². The van der Waals surface area contributed by atoms with Crippen LogP contribution in [0, 0.1) is 12.7 Å². The maximum Gasteiger partial charge on any atom is 0.248 e. The van der Waals surface area contributed by atoms with Gasteiger partial charge < -0.3 is 9.72 Å². The molecule has 3 rings (SSSR count). The zero-order valence-corrected chi connectivity index (χ0v) is 13.6. The lowest BCUT2D eigenvalue weighted by molar-refractivity contribution is 0.288. The average molecular weight is 345 g/mol. The zero-order chi connectivity index (χ0) is 17.1.